The number of pyridine rings is 1. The Bertz CT molecular complexity index is 980. The lowest BCUT2D eigenvalue weighted by Crippen LogP contribution is -2.36. The number of hydrogen-bond acceptors (Lipinski definition) is 4. The molecule has 2 heterocycles. The molecule has 0 atom stereocenters. The van der Waals surface area contributed by atoms with Crippen LogP contribution in [0.5, 0.6) is 0 Å². The molecule has 0 radical (unpaired) electrons. The minimum atomic E-state index is -2.61. The van der Waals surface area contributed by atoms with E-state index in [1.807, 2.05) is 18.7 Å². The van der Waals surface area contributed by atoms with Crippen LogP contribution in [0.25, 0.3) is 0 Å². The molecule has 0 bridgehead atoms. The number of nitrogens with zero attached hydrogens (tertiary/aromatic N) is 2. The van der Waals surface area contributed by atoms with Crippen molar-refractivity contribution < 1.29 is 13.2 Å². The second kappa shape index (κ2) is 8.80. The molecule has 5 nitrogen and oxygen atoms in total. The van der Waals surface area contributed by atoms with E-state index in [9.17, 15) is 13.2 Å². The van der Waals surface area contributed by atoms with Gasteiger partial charge in [-0.3, -0.25) is 9.78 Å². The summed E-state index contributed by atoms with van der Waals surface area (Å²) in [5.41, 5.74) is 4.76. The van der Waals surface area contributed by atoms with Crippen LogP contribution in [0.2, 0.25) is 10.0 Å². The molecule has 1 aromatic heterocycles. The Balaban J connectivity index is 1.61. The van der Waals surface area contributed by atoms with E-state index in [4.69, 9.17) is 23.2 Å². The molecular formula is C20H22Cl2N2O3S. The fourth-order valence-electron chi connectivity index (χ4n) is 3.45. The van der Waals surface area contributed by atoms with E-state index in [0.717, 1.165) is 33.0 Å². The number of hydrogen-bond donors (Lipinski definition) is 1. The number of halogens is 2. The van der Waals surface area contributed by atoms with Crippen LogP contribution in [0, 0.1) is 13.8 Å². The Morgan fingerprint density at radius 2 is 1.82 bits per heavy atom. The third kappa shape index (κ3) is 4.34. The summed E-state index contributed by atoms with van der Waals surface area (Å²) in [6.45, 7) is 5.04. The number of fused-ring (bicyclic) bond motifs is 1. The molecule has 0 saturated carbocycles. The molecule has 2 aromatic rings. The summed E-state index contributed by atoms with van der Waals surface area (Å²) in [5, 5.41) is 1.47. The van der Waals surface area contributed by atoms with Crippen LogP contribution in [-0.4, -0.2) is 30.8 Å². The predicted octanol–water partition coefficient (Wildman–Crippen LogP) is 3.88. The molecule has 0 unspecified atom stereocenters. The van der Waals surface area contributed by atoms with Crippen LogP contribution in [-0.2, 0) is 34.9 Å². The van der Waals surface area contributed by atoms with Crippen molar-refractivity contribution >= 4 is 39.8 Å². The molecule has 0 N–H and O–H groups in total. The third-order valence-corrected chi connectivity index (χ3v) is 7.00. The quantitative estimate of drug-likeness (QED) is 0.716. The number of carbonyl (C=O) groups excluding carboxylic acids is 1. The molecule has 3 rings (SSSR count). The summed E-state index contributed by atoms with van der Waals surface area (Å²) in [5.74, 6) is 0.0790. The first-order valence-electron chi connectivity index (χ1n) is 9.12. The lowest BCUT2D eigenvalue weighted by molar-refractivity contribution is -0.132. The molecule has 0 fully saturated rings. The zero-order valence-corrected chi connectivity index (χ0v) is 18.2. The van der Waals surface area contributed by atoms with Crippen molar-refractivity contribution in [1.82, 2.24) is 9.88 Å². The third-order valence-electron chi connectivity index (χ3n) is 5.29. The maximum Gasteiger partial charge on any atom is 0.222 e. The first-order chi connectivity index (χ1) is 13.3. The highest BCUT2D eigenvalue weighted by Crippen LogP contribution is 2.37. The maximum atomic E-state index is 12.6. The lowest BCUT2D eigenvalue weighted by Gasteiger charge is -2.31. The largest absolute Gasteiger partial charge is 0.338 e. The maximum absolute atomic E-state index is 12.6. The molecule has 0 saturated heterocycles. The van der Waals surface area contributed by atoms with Crippen LogP contribution in [0.15, 0.2) is 23.2 Å². The van der Waals surface area contributed by atoms with Gasteiger partial charge in [0.1, 0.15) is 0 Å². The van der Waals surface area contributed by atoms with Gasteiger partial charge in [0.2, 0.25) is 5.91 Å². The standard InChI is InChI=1S/C20H22Cl2N2O3S/c1-12-13(2)20(22)17-11-24(9-8-16(17)19(12)21)18(25)5-3-4-14-6-7-15(10-23-14)28(26)27/h6-7,10,28H,3-5,8-9,11H2,1-2H3. The molecule has 1 aliphatic rings. The zero-order valence-electron chi connectivity index (χ0n) is 15.8. The van der Waals surface area contributed by atoms with Gasteiger partial charge < -0.3 is 4.90 Å². The fraction of sp³-hybridized carbons (Fsp3) is 0.400. The van der Waals surface area contributed by atoms with E-state index in [2.05, 4.69) is 4.98 Å². The average Bonchev–Trinajstić information content (AvgIpc) is 2.70. The highest BCUT2D eigenvalue weighted by Gasteiger charge is 2.26. The first-order valence-corrected chi connectivity index (χ1v) is 11.1. The molecule has 150 valence electrons. The van der Waals surface area contributed by atoms with Crippen molar-refractivity contribution in [2.45, 2.75) is 51.0 Å². The summed E-state index contributed by atoms with van der Waals surface area (Å²) in [6, 6.07) is 3.22. The Morgan fingerprint density at radius 3 is 2.43 bits per heavy atom. The van der Waals surface area contributed by atoms with Gasteiger partial charge in [-0.2, -0.15) is 0 Å². The average molecular weight is 441 g/mol. The minimum Gasteiger partial charge on any atom is -0.338 e. The second-order valence-electron chi connectivity index (χ2n) is 7.02. The van der Waals surface area contributed by atoms with Gasteiger partial charge in [0.25, 0.3) is 0 Å². The zero-order chi connectivity index (χ0) is 20.4. The Kier molecular flexibility index (Phi) is 6.63. The number of rotatable bonds is 5. The molecule has 8 heteroatoms. The predicted molar refractivity (Wildman–Crippen MR) is 111 cm³/mol. The van der Waals surface area contributed by atoms with E-state index >= 15 is 0 Å². The van der Waals surface area contributed by atoms with Gasteiger partial charge in [0, 0.05) is 41.4 Å². The number of benzene rings is 1. The molecular weight excluding hydrogens is 419 g/mol. The van der Waals surface area contributed by atoms with E-state index < -0.39 is 10.7 Å². The van der Waals surface area contributed by atoms with Crippen LogP contribution < -0.4 is 0 Å². The highest BCUT2D eigenvalue weighted by atomic mass is 35.5. The first kappa shape index (κ1) is 21.1. The summed E-state index contributed by atoms with van der Waals surface area (Å²) in [6.07, 6.45) is 3.73. The second-order valence-corrected chi connectivity index (χ2v) is 8.81. The molecule has 0 spiro atoms. The van der Waals surface area contributed by atoms with Gasteiger partial charge in [-0.25, -0.2) is 8.42 Å². The molecule has 28 heavy (non-hydrogen) atoms. The number of aryl methyl sites for hydroxylation is 1. The van der Waals surface area contributed by atoms with Gasteiger partial charge in [-0.15, -0.1) is 0 Å². The van der Waals surface area contributed by atoms with Crippen molar-refractivity contribution in [1.29, 1.82) is 0 Å². The Labute approximate surface area is 176 Å². The Morgan fingerprint density at radius 1 is 1.14 bits per heavy atom. The van der Waals surface area contributed by atoms with E-state index in [0.29, 0.717) is 43.8 Å². The van der Waals surface area contributed by atoms with Gasteiger partial charge in [-0.05, 0) is 67.5 Å². The van der Waals surface area contributed by atoms with Gasteiger partial charge >= 0.3 is 0 Å². The SMILES string of the molecule is Cc1c(C)c(Cl)c2c(c1Cl)CCN(C(=O)CCCc1ccc([SH](=O)=O)cn1)C2. The van der Waals surface area contributed by atoms with Crippen molar-refractivity contribution in [3.05, 3.63) is 56.3 Å². The smallest absolute Gasteiger partial charge is 0.222 e. The van der Waals surface area contributed by atoms with Crippen LogP contribution in [0.3, 0.4) is 0 Å². The van der Waals surface area contributed by atoms with E-state index in [1.165, 1.54) is 12.3 Å². The normalized spacial score (nSPS) is 13.7. The number of aromatic nitrogens is 1. The number of amides is 1. The number of carbonyl (C=O) groups is 1. The number of thiol groups is 1. The summed E-state index contributed by atoms with van der Waals surface area (Å²) in [7, 11) is -2.61. The van der Waals surface area contributed by atoms with Crippen molar-refractivity contribution in [2.75, 3.05) is 6.54 Å². The molecule has 1 aromatic carbocycles. The van der Waals surface area contributed by atoms with Crippen LogP contribution >= 0.6 is 23.2 Å². The van der Waals surface area contributed by atoms with Crippen LogP contribution in [0.1, 0.15) is 40.8 Å². The molecule has 0 aliphatic carbocycles. The monoisotopic (exact) mass is 440 g/mol. The lowest BCUT2D eigenvalue weighted by atomic mass is 9.94. The van der Waals surface area contributed by atoms with Crippen molar-refractivity contribution in [3.63, 3.8) is 0 Å². The highest BCUT2D eigenvalue weighted by molar-refractivity contribution is 7.72. The Hall–Kier alpha value is -1.63. The molecule has 1 amide bonds. The van der Waals surface area contributed by atoms with Gasteiger partial charge in [-0.1, -0.05) is 23.2 Å². The van der Waals surface area contributed by atoms with Gasteiger partial charge in [0.15, 0.2) is 10.7 Å². The van der Waals surface area contributed by atoms with Crippen molar-refractivity contribution in [3.8, 4) is 0 Å². The fourth-order valence-corrected chi connectivity index (χ4v) is 4.47. The van der Waals surface area contributed by atoms with Crippen LogP contribution in [0.4, 0.5) is 0 Å². The van der Waals surface area contributed by atoms with E-state index in [1.54, 1.807) is 6.07 Å². The molecule has 1 aliphatic heterocycles. The topological polar surface area (TPSA) is 67.3 Å². The summed E-state index contributed by atoms with van der Waals surface area (Å²) >= 11 is 13.0. The summed E-state index contributed by atoms with van der Waals surface area (Å²) < 4.78 is 21.8. The minimum absolute atomic E-state index is 0.0790. The van der Waals surface area contributed by atoms with E-state index in [-0.39, 0.29) is 10.8 Å². The summed E-state index contributed by atoms with van der Waals surface area (Å²) in [4.78, 5) is 18.8. The van der Waals surface area contributed by atoms with Crippen molar-refractivity contribution in [2.24, 2.45) is 0 Å². The van der Waals surface area contributed by atoms with Gasteiger partial charge in [0.05, 0.1) is 4.90 Å².